The monoisotopic (exact) mass is 435 g/mol. The molecule has 0 aliphatic carbocycles. The van der Waals surface area contributed by atoms with Gasteiger partial charge in [0.1, 0.15) is 0 Å². The summed E-state index contributed by atoms with van der Waals surface area (Å²) in [4.78, 5) is 15.0. The lowest BCUT2D eigenvalue weighted by Crippen LogP contribution is -2.40. The molecule has 1 amide bonds. The standard InChI is InChI=1S/C21H26ClN3O3S/c1-3-25-11-5-8-17(25)14-23-21(26)19-13-18(9-10-20(19)22)29(27,28)24-16-7-4-6-15(2)12-16/h4,6-7,9-10,12-13,17,24H,3,5,8,11,14H2,1-2H3,(H,23,26). The van der Waals surface area contributed by atoms with Gasteiger partial charge in [-0.15, -0.1) is 0 Å². The number of aryl methyl sites for hydroxylation is 1. The van der Waals surface area contributed by atoms with Gasteiger partial charge in [0.05, 0.1) is 15.5 Å². The lowest BCUT2D eigenvalue weighted by Gasteiger charge is -2.23. The molecule has 8 heteroatoms. The molecule has 0 radical (unpaired) electrons. The molecular formula is C21H26ClN3O3S. The summed E-state index contributed by atoms with van der Waals surface area (Å²) in [5.74, 6) is -0.370. The van der Waals surface area contributed by atoms with Crippen molar-refractivity contribution in [1.82, 2.24) is 10.2 Å². The summed E-state index contributed by atoms with van der Waals surface area (Å²) in [7, 11) is -3.84. The molecule has 0 bridgehead atoms. The first-order valence-electron chi connectivity index (χ1n) is 9.71. The van der Waals surface area contributed by atoms with Gasteiger partial charge in [-0.3, -0.25) is 14.4 Å². The van der Waals surface area contributed by atoms with Crippen molar-refractivity contribution in [2.45, 2.75) is 37.6 Å². The number of sulfonamides is 1. The molecule has 6 nitrogen and oxygen atoms in total. The molecule has 1 aliphatic heterocycles. The molecule has 1 fully saturated rings. The number of hydrogen-bond acceptors (Lipinski definition) is 4. The van der Waals surface area contributed by atoms with Crippen molar-refractivity contribution in [1.29, 1.82) is 0 Å². The Labute approximate surface area is 177 Å². The van der Waals surface area contributed by atoms with E-state index in [2.05, 4.69) is 21.9 Å². The van der Waals surface area contributed by atoms with Gasteiger partial charge in [0.2, 0.25) is 0 Å². The number of hydrogen-bond donors (Lipinski definition) is 2. The van der Waals surface area contributed by atoms with Crippen molar-refractivity contribution in [2.75, 3.05) is 24.4 Å². The van der Waals surface area contributed by atoms with Gasteiger partial charge in [-0.2, -0.15) is 0 Å². The number of likely N-dealkylation sites (tertiary alicyclic amines) is 1. The molecule has 3 rings (SSSR count). The number of carbonyl (C=O) groups is 1. The fourth-order valence-electron chi connectivity index (χ4n) is 3.62. The lowest BCUT2D eigenvalue weighted by atomic mass is 10.2. The molecule has 156 valence electrons. The Morgan fingerprint density at radius 1 is 1.24 bits per heavy atom. The number of nitrogens with one attached hydrogen (secondary N) is 2. The first kappa shape index (κ1) is 21.6. The van der Waals surface area contributed by atoms with Crippen LogP contribution in [0.2, 0.25) is 5.02 Å². The van der Waals surface area contributed by atoms with Crippen molar-refractivity contribution in [2.24, 2.45) is 0 Å². The average Bonchev–Trinajstić information content (AvgIpc) is 3.13. The number of halogens is 1. The highest BCUT2D eigenvalue weighted by atomic mass is 35.5. The van der Waals surface area contributed by atoms with Crippen molar-refractivity contribution in [3.63, 3.8) is 0 Å². The van der Waals surface area contributed by atoms with Gasteiger partial charge in [-0.05, 0) is 68.8 Å². The summed E-state index contributed by atoms with van der Waals surface area (Å²) < 4.78 is 28.1. The van der Waals surface area contributed by atoms with Gasteiger partial charge in [0, 0.05) is 18.3 Å². The van der Waals surface area contributed by atoms with E-state index in [1.54, 1.807) is 18.2 Å². The van der Waals surface area contributed by atoms with E-state index < -0.39 is 10.0 Å². The van der Waals surface area contributed by atoms with Crippen molar-refractivity contribution < 1.29 is 13.2 Å². The van der Waals surface area contributed by atoms with Crippen LogP contribution in [0.25, 0.3) is 0 Å². The molecule has 29 heavy (non-hydrogen) atoms. The van der Waals surface area contributed by atoms with E-state index in [4.69, 9.17) is 11.6 Å². The zero-order chi connectivity index (χ0) is 21.0. The minimum atomic E-state index is -3.84. The Hall–Kier alpha value is -2.09. The SMILES string of the molecule is CCN1CCCC1CNC(=O)c1cc(S(=O)(=O)Nc2cccc(C)c2)ccc1Cl. The molecule has 1 heterocycles. The summed E-state index contributed by atoms with van der Waals surface area (Å²) in [6.07, 6.45) is 2.16. The molecule has 1 unspecified atom stereocenters. The number of anilines is 1. The van der Waals surface area contributed by atoms with E-state index in [1.165, 1.54) is 18.2 Å². The van der Waals surface area contributed by atoms with Crippen LogP contribution in [-0.4, -0.2) is 44.9 Å². The number of amides is 1. The van der Waals surface area contributed by atoms with Crippen LogP contribution in [-0.2, 0) is 10.0 Å². The summed E-state index contributed by atoms with van der Waals surface area (Å²) in [6, 6.07) is 11.5. The maximum Gasteiger partial charge on any atom is 0.261 e. The number of nitrogens with zero attached hydrogens (tertiary/aromatic N) is 1. The van der Waals surface area contributed by atoms with Gasteiger partial charge in [-0.25, -0.2) is 8.42 Å². The highest BCUT2D eigenvalue weighted by Crippen LogP contribution is 2.23. The Bertz CT molecular complexity index is 994. The lowest BCUT2D eigenvalue weighted by molar-refractivity contribution is 0.0941. The second kappa shape index (κ2) is 9.15. The third-order valence-electron chi connectivity index (χ3n) is 5.17. The Kier molecular flexibility index (Phi) is 6.82. The normalized spacial score (nSPS) is 17.3. The summed E-state index contributed by atoms with van der Waals surface area (Å²) in [5, 5.41) is 3.12. The summed E-state index contributed by atoms with van der Waals surface area (Å²) >= 11 is 6.19. The molecule has 0 spiro atoms. The predicted octanol–water partition coefficient (Wildman–Crippen LogP) is 3.66. The third kappa shape index (κ3) is 5.29. The summed E-state index contributed by atoms with van der Waals surface area (Å²) in [5.41, 5.74) is 1.56. The molecule has 1 saturated heterocycles. The van der Waals surface area contributed by atoms with Gasteiger partial charge in [0.15, 0.2) is 0 Å². The van der Waals surface area contributed by atoms with E-state index in [0.717, 1.165) is 31.5 Å². The molecule has 1 aliphatic rings. The van der Waals surface area contributed by atoms with Gasteiger partial charge >= 0.3 is 0 Å². The van der Waals surface area contributed by atoms with Gasteiger partial charge in [0.25, 0.3) is 15.9 Å². The van der Waals surface area contributed by atoms with Crippen LogP contribution in [0.3, 0.4) is 0 Å². The van der Waals surface area contributed by atoms with E-state index in [1.807, 2.05) is 13.0 Å². The second-order valence-corrected chi connectivity index (χ2v) is 9.34. The fourth-order valence-corrected chi connectivity index (χ4v) is 4.90. The first-order valence-corrected chi connectivity index (χ1v) is 11.6. The maximum absolute atomic E-state index is 12.8. The number of carbonyl (C=O) groups excluding carboxylic acids is 1. The maximum atomic E-state index is 12.8. The van der Waals surface area contributed by atoms with E-state index >= 15 is 0 Å². The van der Waals surface area contributed by atoms with Gasteiger partial charge in [-0.1, -0.05) is 30.7 Å². The van der Waals surface area contributed by atoms with Crippen LogP contribution in [0.4, 0.5) is 5.69 Å². The van der Waals surface area contributed by atoms with Crippen LogP contribution in [0.1, 0.15) is 35.7 Å². The highest BCUT2D eigenvalue weighted by Gasteiger charge is 2.24. The zero-order valence-electron chi connectivity index (χ0n) is 16.6. The van der Waals surface area contributed by atoms with Crippen LogP contribution in [0, 0.1) is 6.92 Å². The smallest absolute Gasteiger partial charge is 0.261 e. The molecule has 2 aromatic carbocycles. The zero-order valence-corrected chi connectivity index (χ0v) is 18.2. The predicted molar refractivity (Wildman–Crippen MR) is 116 cm³/mol. The van der Waals surface area contributed by atoms with E-state index in [0.29, 0.717) is 18.3 Å². The molecular weight excluding hydrogens is 410 g/mol. The number of likely N-dealkylation sites (N-methyl/N-ethyl adjacent to an activating group) is 1. The fraction of sp³-hybridized carbons (Fsp3) is 0.381. The van der Waals surface area contributed by atoms with Crippen LogP contribution in [0.15, 0.2) is 47.4 Å². The molecule has 0 aromatic heterocycles. The molecule has 2 N–H and O–H groups in total. The molecule has 0 saturated carbocycles. The highest BCUT2D eigenvalue weighted by molar-refractivity contribution is 7.92. The topological polar surface area (TPSA) is 78.5 Å². The van der Waals surface area contributed by atoms with Crippen molar-refractivity contribution >= 4 is 33.2 Å². The van der Waals surface area contributed by atoms with E-state index in [-0.39, 0.29) is 21.4 Å². The second-order valence-electron chi connectivity index (χ2n) is 7.25. The first-order chi connectivity index (χ1) is 13.8. The van der Waals surface area contributed by atoms with Gasteiger partial charge < -0.3 is 5.32 Å². The Balaban J connectivity index is 1.75. The minimum absolute atomic E-state index is 0.00962. The van der Waals surface area contributed by atoms with Crippen molar-refractivity contribution in [3.05, 3.63) is 58.6 Å². The van der Waals surface area contributed by atoms with Crippen LogP contribution >= 0.6 is 11.6 Å². The van der Waals surface area contributed by atoms with Crippen LogP contribution in [0.5, 0.6) is 0 Å². The van der Waals surface area contributed by atoms with E-state index in [9.17, 15) is 13.2 Å². The minimum Gasteiger partial charge on any atom is -0.350 e. The Morgan fingerprint density at radius 2 is 2.03 bits per heavy atom. The number of benzene rings is 2. The quantitative estimate of drug-likeness (QED) is 0.695. The largest absolute Gasteiger partial charge is 0.350 e. The summed E-state index contributed by atoms with van der Waals surface area (Å²) in [6.45, 7) is 6.48. The van der Waals surface area contributed by atoms with Crippen LogP contribution < -0.4 is 10.0 Å². The number of rotatable bonds is 7. The third-order valence-corrected chi connectivity index (χ3v) is 6.88. The average molecular weight is 436 g/mol. The molecule has 2 aromatic rings. The Morgan fingerprint density at radius 3 is 2.76 bits per heavy atom. The van der Waals surface area contributed by atoms with Crippen molar-refractivity contribution in [3.8, 4) is 0 Å². The molecule has 1 atom stereocenters.